The van der Waals surface area contributed by atoms with Crippen molar-refractivity contribution in [2.75, 3.05) is 32.7 Å². The van der Waals surface area contributed by atoms with Crippen LogP contribution in [0.4, 0.5) is 0 Å². The summed E-state index contributed by atoms with van der Waals surface area (Å²) >= 11 is 11.6. The first-order chi connectivity index (χ1) is 46.5. The van der Waals surface area contributed by atoms with E-state index in [2.05, 4.69) is 103 Å². The van der Waals surface area contributed by atoms with Crippen molar-refractivity contribution < 1.29 is 59.4 Å². The Balaban J connectivity index is 0.000000172. The average molecular weight is 1530 g/mol. The number of aliphatic hydroxyl groups is 6. The summed E-state index contributed by atoms with van der Waals surface area (Å²) in [6.07, 6.45) is -8.26. The van der Waals surface area contributed by atoms with Crippen LogP contribution < -0.4 is 21.3 Å². The van der Waals surface area contributed by atoms with Gasteiger partial charge in [-0.2, -0.15) is 0 Å². The normalized spacial score (nSPS) is 17.5. The number of hydrogen-bond acceptors (Lipinski definition) is 15. The molecule has 0 bridgehead atoms. The molecule has 11 rings (SSSR count). The monoisotopic (exact) mass is 1530 g/mol. The van der Waals surface area contributed by atoms with Crippen molar-refractivity contribution in [3.05, 3.63) is 239 Å². The number of fused-ring (bicyclic) bond motifs is 2. The van der Waals surface area contributed by atoms with Crippen molar-refractivity contribution in [1.29, 1.82) is 0 Å². The number of benzene rings is 7. The van der Waals surface area contributed by atoms with E-state index in [9.17, 15) is 59.4 Å². The van der Waals surface area contributed by atoms with E-state index in [1.807, 2.05) is 158 Å². The predicted molar refractivity (Wildman–Crippen MR) is 380 cm³/mol. The third-order valence-electron chi connectivity index (χ3n) is 17.4. The maximum atomic E-state index is 13.0. The maximum absolute atomic E-state index is 13.0. The van der Waals surface area contributed by atoms with Gasteiger partial charge in [0.2, 0.25) is 0 Å². The molecule has 2 aliphatic heterocycles. The third-order valence-corrected chi connectivity index (χ3v) is 20.1. The fourth-order valence-corrected chi connectivity index (χ4v) is 13.9. The third kappa shape index (κ3) is 19.4. The van der Waals surface area contributed by atoms with Crippen LogP contribution in [0.1, 0.15) is 108 Å². The first-order valence-electron chi connectivity index (χ1n) is 32.0. The molecule has 4 unspecified atom stereocenters. The van der Waals surface area contributed by atoms with Gasteiger partial charge in [-0.15, -0.1) is 11.3 Å². The number of thiazole rings is 1. The second kappa shape index (κ2) is 34.8. The number of carbonyl (C=O) groups excluding carboxylic acids is 6. The van der Waals surface area contributed by atoms with Crippen LogP contribution in [0.5, 0.6) is 0 Å². The van der Waals surface area contributed by atoms with Crippen LogP contribution >= 0.6 is 59.1 Å². The molecular weight excluding hydrogens is 1450 g/mol. The number of piperazine rings is 1. The molecule has 7 aromatic carbocycles. The van der Waals surface area contributed by atoms with E-state index in [0.29, 0.717) is 45.6 Å². The zero-order valence-electron chi connectivity index (χ0n) is 53.6. The number of aliphatic hydroxyl groups excluding tert-OH is 6. The van der Waals surface area contributed by atoms with Crippen molar-refractivity contribution >= 4 is 105 Å². The first kappa shape index (κ1) is 73.7. The molecule has 10 atom stereocenters. The minimum atomic E-state index is -1.86. The second-order valence-corrected chi connectivity index (χ2v) is 28.0. The van der Waals surface area contributed by atoms with Crippen molar-refractivity contribution in [3.63, 3.8) is 0 Å². The number of halogens is 3. The number of carbonyl (C=O) groups is 6. The number of amides is 6. The van der Waals surface area contributed by atoms with Gasteiger partial charge in [0.25, 0.3) is 35.4 Å². The Morgan fingerprint density at radius 1 is 0.454 bits per heavy atom. The Morgan fingerprint density at radius 2 is 0.845 bits per heavy atom. The summed E-state index contributed by atoms with van der Waals surface area (Å²) in [5.41, 5.74) is 8.03. The lowest BCUT2D eigenvalue weighted by atomic mass is 9.96. The lowest BCUT2D eigenvalue weighted by molar-refractivity contribution is -0.154. The molecular formula is C73H79Br3N8O12S. The number of nitrogens with one attached hydrogen (secondary N) is 4. The van der Waals surface area contributed by atoms with Crippen molar-refractivity contribution in [1.82, 2.24) is 41.0 Å². The first-order valence-corrected chi connectivity index (χ1v) is 35.2. The second-order valence-electron chi connectivity index (χ2n) is 24.2. The van der Waals surface area contributed by atoms with Crippen LogP contribution in [0.25, 0.3) is 10.2 Å². The molecule has 3 heterocycles. The standard InChI is InChI=1S/C29H32BrN3O4.C23H24BrN3O4S.C21H23BrN2O4/c1-20(21-12-14-24(30)15-13-21)31-28(36)26(34)27(35)29(37)33-18-16-32(17-19-33)25(22-8-4-2-5-9-22)23-10-6-3-7-11-23;1-13(14-8-10-15(24)11-9-14)25-21(30)19(28)20(29)23(31)27-12-4-6-17(27)22-26-16-5-2-3-7-18(16)32-22;1-12(13-6-8-16(22)9-7-13)23-20(27)18(25)19(26)21(28)24-17-10-14-4-2-3-5-15(14)11-17/h2-15,20,25-27,34-35H,16-19H2,1H3,(H,31,36);2-3,5,7-11,13,17,19-20,28-29H,4,6,12H2,1H3,(H,25,30);2-9,12,17-19,25-26H,10-11H2,1H3,(H,23,27)(H,24,28)/t20-,26+,27+;13-,17?,19+,20+;/m00./s1. The number of aromatic nitrogens is 1. The van der Waals surface area contributed by atoms with E-state index in [1.165, 1.54) is 32.3 Å². The van der Waals surface area contributed by atoms with Gasteiger partial charge in [-0.25, -0.2) is 4.98 Å². The van der Waals surface area contributed by atoms with Crippen LogP contribution in [0.3, 0.4) is 0 Å². The molecule has 2 saturated heterocycles. The smallest absolute Gasteiger partial charge is 0.255 e. The molecule has 1 aromatic heterocycles. The van der Waals surface area contributed by atoms with Gasteiger partial charge in [0.05, 0.1) is 40.4 Å². The maximum Gasteiger partial charge on any atom is 0.255 e. The van der Waals surface area contributed by atoms with Crippen LogP contribution in [0.15, 0.2) is 195 Å². The fraction of sp³-hybridized carbons (Fsp3) is 0.329. The summed E-state index contributed by atoms with van der Waals surface area (Å²) < 4.78 is 3.77. The van der Waals surface area contributed by atoms with E-state index in [1.54, 1.807) is 20.8 Å². The van der Waals surface area contributed by atoms with E-state index in [4.69, 9.17) is 0 Å². The molecule has 8 aromatic rings. The minimum Gasteiger partial charge on any atom is -0.380 e. The molecule has 97 heavy (non-hydrogen) atoms. The number of nitrogens with zero attached hydrogens (tertiary/aromatic N) is 4. The van der Waals surface area contributed by atoms with Crippen molar-refractivity contribution in [2.45, 2.75) is 119 Å². The molecule has 0 saturated carbocycles. The Morgan fingerprint density at radius 3 is 1.29 bits per heavy atom. The Hall–Kier alpha value is -7.59. The van der Waals surface area contributed by atoms with Gasteiger partial charge in [0.1, 0.15) is 5.01 Å². The summed E-state index contributed by atoms with van der Waals surface area (Å²) in [6, 6.07) is 56.7. The molecule has 10 N–H and O–H groups in total. The summed E-state index contributed by atoms with van der Waals surface area (Å²) in [4.78, 5) is 85.6. The van der Waals surface area contributed by atoms with Crippen molar-refractivity contribution in [3.8, 4) is 0 Å². The lowest BCUT2D eigenvalue weighted by Crippen LogP contribution is -2.56. The van der Waals surface area contributed by atoms with Gasteiger partial charge in [0, 0.05) is 52.2 Å². The van der Waals surface area contributed by atoms with Crippen molar-refractivity contribution in [2.24, 2.45) is 0 Å². The van der Waals surface area contributed by atoms with Crippen LogP contribution in [0.2, 0.25) is 0 Å². The van der Waals surface area contributed by atoms with Gasteiger partial charge < -0.3 is 61.7 Å². The van der Waals surface area contributed by atoms with Crippen LogP contribution in [0, 0.1) is 0 Å². The Kier molecular flexibility index (Phi) is 26.4. The number of hydrogen-bond donors (Lipinski definition) is 10. The lowest BCUT2D eigenvalue weighted by Gasteiger charge is -2.40. The van der Waals surface area contributed by atoms with Crippen LogP contribution in [-0.4, -0.2) is 161 Å². The summed E-state index contributed by atoms with van der Waals surface area (Å²) in [6.45, 7) is 7.70. The van der Waals surface area contributed by atoms with E-state index in [-0.39, 0.29) is 24.2 Å². The van der Waals surface area contributed by atoms with Crippen LogP contribution in [-0.2, 0) is 41.6 Å². The van der Waals surface area contributed by atoms with E-state index >= 15 is 0 Å². The summed E-state index contributed by atoms with van der Waals surface area (Å²) in [5, 5.41) is 73.6. The zero-order chi connectivity index (χ0) is 69.4. The van der Waals surface area contributed by atoms with Gasteiger partial charge in [-0.3, -0.25) is 33.7 Å². The molecule has 0 radical (unpaired) electrons. The highest BCUT2D eigenvalue weighted by Gasteiger charge is 2.41. The Labute approximate surface area is 592 Å². The predicted octanol–water partition coefficient (Wildman–Crippen LogP) is 8.24. The average Bonchev–Trinajstić information content (AvgIpc) is 1.38. The highest BCUT2D eigenvalue weighted by molar-refractivity contribution is 9.11. The van der Waals surface area contributed by atoms with Gasteiger partial charge in [0.15, 0.2) is 36.6 Å². The SMILES string of the molecule is CC(NC(=O)C(O)C(O)C(=O)NC1Cc2ccccc2C1)c1ccc(Br)cc1.C[C@H](NC(=O)[C@H](O)[C@@H](O)C(=O)N1CCCC1c1nc2ccccc2s1)c1ccc(Br)cc1.C[C@H](NC(=O)[C@H](O)[C@@H](O)C(=O)N1CCN(C(c2ccccc2)c2ccccc2)CC1)c1ccc(Br)cc1. The molecule has 6 amide bonds. The fourth-order valence-electron chi connectivity index (χ4n) is 12.0. The Bertz CT molecular complexity index is 3850. The summed E-state index contributed by atoms with van der Waals surface area (Å²) in [5.74, 6) is -4.44. The molecule has 510 valence electrons. The number of para-hydroxylation sites is 1. The minimum absolute atomic E-state index is 0.0426. The number of rotatable bonds is 20. The largest absolute Gasteiger partial charge is 0.380 e. The highest BCUT2D eigenvalue weighted by Crippen LogP contribution is 2.37. The molecule has 24 heteroatoms. The van der Waals surface area contributed by atoms with Gasteiger partial charge >= 0.3 is 0 Å². The van der Waals surface area contributed by atoms with Gasteiger partial charge in [-0.1, -0.05) is 181 Å². The summed E-state index contributed by atoms with van der Waals surface area (Å²) in [7, 11) is 0. The molecule has 0 spiro atoms. The molecule has 2 fully saturated rings. The molecule has 3 aliphatic rings. The molecule has 1 aliphatic carbocycles. The van der Waals surface area contributed by atoms with E-state index in [0.717, 1.165) is 69.3 Å². The molecule has 20 nitrogen and oxygen atoms in total. The van der Waals surface area contributed by atoms with Gasteiger partial charge in [-0.05, 0) is 134 Å². The quantitative estimate of drug-likeness (QED) is 0.0344. The zero-order valence-corrected chi connectivity index (χ0v) is 59.2. The number of likely N-dealkylation sites (tertiary alicyclic amines) is 1. The van der Waals surface area contributed by atoms with E-state index < -0.39 is 84.2 Å². The highest BCUT2D eigenvalue weighted by atomic mass is 79.9. The topological polar surface area (TPSA) is 295 Å².